The largest absolute Gasteiger partial charge is 0.495 e. The number of anilines is 3. The number of para-hydroxylation sites is 2. The molecule has 3 N–H and O–H groups in total. The topological polar surface area (TPSA) is 111 Å². The predicted molar refractivity (Wildman–Crippen MR) is 120 cm³/mol. The van der Waals surface area contributed by atoms with E-state index in [4.69, 9.17) is 14.2 Å². The lowest BCUT2D eigenvalue weighted by molar-refractivity contribution is 0.102. The van der Waals surface area contributed by atoms with E-state index in [0.29, 0.717) is 44.3 Å². The van der Waals surface area contributed by atoms with Gasteiger partial charge in [-0.15, -0.1) is 0 Å². The smallest absolute Gasteiger partial charge is 0.325 e. The first-order valence-electron chi connectivity index (χ1n) is 9.17. The summed E-state index contributed by atoms with van der Waals surface area (Å²) in [5.74, 6) is 1.24. The Hall–Kier alpha value is -3.79. The van der Waals surface area contributed by atoms with E-state index < -0.39 is 6.03 Å². The van der Waals surface area contributed by atoms with E-state index in [1.54, 1.807) is 49.4 Å². The number of methoxy groups -OCH3 is 3. The maximum absolute atomic E-state index is 12.7. The van der Waals surface area contributed by atoms with Gasteiger partial charge in [-0.05, 0) is 31.2 Å². The molecule has 0 fully saturated rings. The molecule has 0 aliphatic rings. The van der Waals surface area contributed by atoms with E-state index in [1.165, 1.54) is 21.3 Å². The molecular weight excluding hydrogens is 420 g/mol. The minimum atomic E-state index is -0.495. The fourth-order valence-electron chi connectivity index (χ4n) is 2.76. The number of carbonyl (C=O) groups excluding carboxylic acids is 2. The quantitative estimate of drug-likeness (QED) is 0.501. The Kier molecular flexibility index (Phi) is 6.93. The van der Waals surface area contributed by atoms with Crippen LogP contribution in [0.15, 0.2) is 42.5 Å². The highest BCUT2D eigenvalue weighted by molar-refractivity contribution is 7.17. The van der Waals surface area contributed by atoms with Gasteiger partial charge in [-0.2, -0.15) is 0 Å². The van der Waals surface area contributed by atoms with Gasteiger partial charge in [-0.25, -0.2) is 9.78 Å². The highest BCUT2D eigenvalue weighted by atomic mass is 32.1. The number of nitrogens with one attached hydrogen (secondary N) is 3. The number of aromatic nitrogens is 1. The first kappa shape index (κ1) is 21.9. The minimum absolute atomic E-state index is 0.294. The zero-order valence-electron chi connectivity index (χ0n) is 17.4. The Morgan fingerprint density at radius 1 is 0.871 bits per heavy atom. The molecule has 0 radical (unpaired) electrons. The van der Waals surface area contributed by atoms with E-state index >= 15 is 0 Å². The maximum Gasteiger partial charge on any atom is 0.325 e. The van der Waals surface area contributed by atoms with Crippen LogP contribution in [0.1, 0.15) is 15.4 Å². The molecule has 0 spiro atoms. The second-order valence-electron chi connectivity index (χ2n) is 6.24. The van der Waals surface area contributed by atoms with Crippen molar-refractivity contribution in [2.24, 2.45) is 0 Å². The van der Waals surface area contributed by atoms with Crippen molar-refractivity contribution >= 4 is 39.8 Å². The SMILES string of the molecule is COc1ccccc1NC(=O)Nc1nc(C)c(C(=O)Nc2ccc(OC)c(OC)c2)s1. The lowest BCUT2D eigenvalue weighted by atomic mass is 10.2. The molecule has 2 aromatic carbocycles. The number of amides is 3. The molecule has 0 saturated heterocycles. The summed E-state index contributed by atoms with van der Waals surface area (Å²) in [5, 5.41) is 8.43. The van der Waals surface area contributed by atoms with Gasteiger partial charge in [0.25, 0.3) is 5.91 Å². The van der Waals surface area contributed by atoms with Crippen LogP contribution in [0.5, 0.6) is 17.2 Å². The first-order chi connectivity index (χ1) is 14.9. The van der Waals surface area contributed by atoms with Crippen LogP contribution in [-0.4, -0.2) is 38.3 Å². The van der Waals surface area contributed by atoms with Gasteiger partial charge in [0.2, 0.25) is 0 Å². The van der Waals surface area contributed by atoms with Crippen molar-refractivity contribution in [2.45, 2.75) is 6.92 Å². The van der Waals surface area contributed by atoms with E-state index in [9.17, 15) is 9.59 Å². The van der Waals surface area contributed by atoms with Crippen molar-refractivity contribution in [3.8, 4) is 17.2 Å². The second-order valence-corrected chi connectivity index (χ2v) is 7.24. The number of nitrogens with zero attached hydrogens (tertiary/aromatic N) is 1. The van der Waals surface area contributed by atoms with E-state index in [1.807, 2.05) is 0 Å². The third-order valence-corrected chi connectivity index (χ3v) is 5.29. The molecule has 1 aromatic heterocycles. The summed E-state index contributed by atoms with van der Waals surface area (Å²) in [6.07, 6.45) is 0. The van der Waals surface area contributed by atoms with E-state index in [0.717, 1.165) is 11.3 Å². The molecule has 0 saturated carbocycles. The van der Waals surface area contributed by atoms with Crippen LogP contribution >= 0.6 is 11.3 Å². The van der Waals surface area contributed by atoms with Gasteiger partial charge in [-0.3, -0.25) is 10.1 Å². The molecule has 0 unspecified atom stereocenters. The van der Waals surface area contributed by atoms with Gasteiger partial charge in [0, 0.05) is 11.8 Å². The molecule has 162 valence electrons. The van der Waals surface area contributed by atoms with Gasteiger partial charge < -0.3 is 24.8 Å². The van der Waals surface area contributed by atoms with Crippen LogP contribution in [0, 0.1) is 6.92 Å². The average molecular weight is 442 g/mol. The van der Waals surface area contributed by atoms with Crippen LogP contribution < -0.4 is 30.2 Å². The summed E-state index contributed by atoms with van der Waals surface area (Å²) in [6, 6.07) is 11.6. The number of thiazole rings is 1. The van der Waals surface area contributed by atoms with Crippen molar-refractivity contribution in [2.75, 3.05) is 37.3 Å². The van der Waals surface area contributed by atoms with Crippen molar-refractivity contribution in [3.05, 3.63) is 53.0 Å². The number of benzene rings is 2. The van der Waals surface area contributed by atoms with Crippen LogP contribution in [-0.2, 0) is 0 Å². The second kappa shape index (κ2) is 9.81. The molecule has 3 aromatic rings. The molecule has 0 atom stereocenters. The summed E-state index contributed by atoms with van der Waals surface area (Å²) in [6.45, 7) is 1.70. The molecule has 0 aliphatic carbocycles. The summed E-state index contributed by atoms with van der Waals surface area (Å²) < 4.78 is 15.7. The Balaban J connectivity index is 1.69. The van der Waals surface area contributed by atoms with Gasteiger partial charge in [0.15, 0.2) is 16.6 Å². The van der Waals surface area contributed by atoms with Crippen molar-refractivity contribution in [1.29, 1.82) is 0 Å². The summed E-state index contributed by atoms with van der Waals surface area (Å²) in [7, 11) is 4.58. The molecule has 9 nitrogen and oxygen atoms in total. The lowest BCUT2D eigenvalue weighted by Gasteiger charge is -2.10. The van der Waals surface area contributed by atoms with E-state index in [2.05, 4.69) is 20.9 Å². The monoisotopic (exact) mass is 442 g/mol. The number of urea groups is 1. The zero-order chi connectivity index (χ0) is 22.4. The molecule has 3 amide bonds. The van der Waals surface area contributed by atoms with Crippen LogP contribution in [0.3, 0.4) is 0 Å². The molecular formula is C21H22N4O5S. The Bertz CT molecular complexity index is 1100. The number of hydrogen-bond donors (Lipinski definition) is 3. The fourth-order valence-corrected chi connectivity index (χ4v) is 3.62. The normalized spacial score (nSPS) is 10.2. The van der Waals surface area contributed by atoms with Crippen LogP contribution in [0.4, 0.5) is 21.3 Å². The third-order valence-electron chi connectivity index (χ3n) is 4.22. The highest BCUT2D eigenvalue weighted by Gasteiger charge is 2.18. The summed E-state index contributed by atoms with van der Waals surface area (Å²) in [5.41, 5.74) is 1.55. The minimum Gasteiger partial charge on any atom is -0.495 e. The Morgan fingerprint density at radius 3 is 2.29 bits per heavy atom. The number of carbonyl (C=O) groups is 2. The van der Waals surface area contributed by atoms with Gasteiger partial charge in [0.1, 0.15) is 10.6 Å². The number of ether oxygens (including phenoxy) is 3. The standard InChI is InChI=1S/C21H22N4O5S/c1-12-18(19(26)23-13-9-10-16(29-3)17(11-13)30-4)31-21(22-12)25-20(27)24-14-7-5-6-8-15(14)28-2/h5-11H,1-4H3,(H,23,26)(H2,22,24,25,27). The Labute approximate surface area is 183 Å². The lowest BCUT2D eigenvalue weighted by Crippen LogP contribution is -2.19. The van der Waals surface area contributed by atoms with Crippen LogP contribution in [0.2, 0.25) is 0 Å². The van der Waals surface area contributed by atoms with Gasteiger partial charge in [-0.1, -0.05) is 23.5 Å². The van der Waals surface area contributed by atoms with E-state index in [-0.39, 0.29) is 5.91 Å². The molecule has 0 bridgehead atoms. The first-order valence-corrected chi connectivity index (χ1v) is 9.98. The fraction of sp³-hybridized carbons (Fsp3) is 0.190. The molecule has 10 heteroatoms. The van der Waals surface area contributed by atoms with Gasteiger partial charge in [0.05, 0.1) is 32.7 Å². The van der Waals surface area contributed by atoms with Crippen LogP contribution in [0.25, 0.3) is 0 Å². The van der Waals surface area contributed by atoms with Crippen molar-refractivity contribution in [3.63, 3.8) is 0 Å². The molecule has 0 aliphatic heterocycles. The number of rotatable bonds is 7. The maximum atomic E-state index is 12.7. The average Bonchev–Trinajstić information content (AvgIpc) is 3.13. The number of hydrogen-bond acceptors (Lipinski definition) is 7. The zero-order valence-corrected chi connectivity index (χ0v) is 18.3. The third kappa shape index (κ3) is 5.23. The number of aryl methyl sites for hydroxylation is 1. The highest BCUT2D eigenvalue weighted by Crippen LogP contribution is 2.31. The molecule has 1 heterocycles. The van der Waals surface area contributed by atoms with Crippen molar-refractivity contribution in [1.82, 2.24) is 4.98 Å². The molecule has 31 heavy (non-hydrogen) atoms. The summed E-state index contributed by atoms with van der Waals surface area (Å²) in [4.78, 5) is 29.7. The van der Waals surface area contributed by atoms with Crippen molar-refractivity contribution < 1.29 is 23.8 Å². The Morgan fingerprint density at radius 2 is 1.58 bits per heavy atom. The predicted octanol–water partition coefficient (Wildman–Crippen LogP) is 4.37. The molecule has 3 rings (SSSR count). The van der Waals surface area contributed by atoms with Gasteiger partial charge >= 0.3 is 6.03 Å². The summed E-state index contributed by atoms with van der Waals surface area (Å²) >= 11 is 1.07.